The van der Waals surface area contributed by atoms with Gasteiger partial charge >= 0.3 is 0 Å². The summed E-state index contributed by atoms with van der Waals surface area (Å²) in [5.41, 5.74) is 5.71. The number of piperidine rings is 1. The van der Waals surface area contributed by atoms with Crippen LogP contribution >= 0.6 is 23.4 Å². The highest BCUT2D eigenvalue weighted by molar-refractivity contribution is 7.98. The number of hydrogen-bond acceptors (Lipinski definition) is 3. The normalized spacial score (nSPS) is 19.2. The van der Waals surface area contributed by atoms with Crippen LogP contribution < -0.4 is 0 Å². The SMILES string of the molecule is OC1(c2ccc(Cl)cc2)CCN(CC/C=C2\c3ccccc3CSc3ccccc32)CC1. The second-order valence-electron chi connectivity index (χ2n) is 8.73. The van der Waals surface area contributed by atoms with Crippen LogP contribution in [0.5, 0.6) is 0 Å². The van der Waals surface area contributed by atoms with Gasteiger partial charge in [0, 0.05) is 35.3 Å². The van der Waals surface area contributed by atoms with Gasteiger partial charge in [0.1, 0.15) is 0 Å². The molecule has 2 aliphatic heterocycles. The van der Waals surface area contributed by atoms with Crippen LogP contribution in [0.4, 0.5) is 0 Å². The van der Waals surface area contributed by atoms with Gasteiger partial charge < -0.3 is 10.0 Å². The van der Waals surface area contributed by atoms with E-state index < -0.39 is 5.60 Å². The van der Waals surface area contributed by atoms with Gasteiger partial charge in [-0.2, -0.15) is 0 Å². The standard InChI is InChI=1S/C28H28ClNOS/c29-23-13-11-22(12-14-23)28(31)15-18-30(19-16-28)17-5-9-25-24-7-2-1-6-21(24)20-32-27-10-4-3-8-26(25)27/h1-4,6-14,31H,5,15-20H2/b25-9+. The van der Waals surface area contributed by atoms with Gasteiger partial charge in [0.25, 0.3) is 0 Å². The third-order valence-corrected chi connectivity index (χ3v) is 8.10. The number of likely N-dealkylation sites (tertiary alicyclic amines) is 1. The van der Waals surface area contributed by atoms with E-state index in [4.69, 9.17) is 11.6 Å². The zero-order valence-corrected chi connectivity index (χ0v) is 19.7. The van der Waals surface area contributed by atoms with Crippen molar-refractivity contribution in [2.45, 2.75) is 35.5 Å². The molecule has 0 amide bonds. The molecule has 2 aliphatic rings. The van der Waals surface area contributed by atoms with Gasteiger partial charge in [-0.1, -0.05) is 72.3 Å². The van der Waals surface area contributed by atoms with E-state index in [1.807, 2.05) is 36.0 Å². The van der Waals surface area contributed by atoms with Crippen molar-refractivity contribution in [1.29, 1.82) is 0 Å². The molecule has 1 fully saturated rings. The highest BCUT2D eigenvalue weighted by atomic mass is 35.5. The van der Waals surface area contributed by atoms with Crippen molar-refractivity contribution < 1.29 is 5.11 Å². The maximum absolute atomic E-state index is 11.1. The Morgan fingerprint density at radius 1 is 0.906 bits per heavy atom. The smallest absolute Gasteiger partial charge is 0.0920 e. The van der Waals surface area contributed by atoms with Gasteiger partial charge in [0.05, 0.1) is 5.60 Å². The van der Waals surface area contributed by atoms with E-state index in [2.05, 4.69) is 59.5 Å². The zero-order chi connectivity index (χ0) is 22.0. The molecule has 0 unspecified atom stereocenters. The van der Waals surface area contributed by atoms with Gasteiger partial charge in [0.15, 0.2) is 0 Å². The summed E-state index contributed by atoms with van der Waals surface area (Å²) >= 11 is 7.95. The first-order chi connectivity index (χ1) is 15.6. The molecule has 0 atom stereocenters. The van der Waals surface area contributed by atoms with E-state index >= 15 is 0 Å². The van der Waals surface area contributed by atoms with Crippen molar-refractivity contribution in [3.63, 3.8) is 0 Å². The van der Waals surface area contributed by atoms with E-state index in [0.717, 1.165) is 50.2 Å². The number of thioether (sulfide) groups is 1. The van der Waals surface area contributed by atoms with E-state index in [0.29, 0.717) is 5.02 Å². The lowest BCUT2D eigenvalue weighted by Gasteiger charge is -2.38. The van der Waals surface area contributed by atoms with Gasteiger partial charge in [-0.25, -0.2) is 0 Å². The number of aliphatic hydroxyl groups is 1. The molecule has 0 spiro atoms. The Balaban J connectivity index is 1.28. The molecule has 32 heavy (non-hydrogen) atoms. The van der Waals surface area contributed by atoms with Crippen LogP contribution in [0.3, 0.4) is 0 Å². The molecule has 0 saturated carbocycles. The second-order valence-corrected chi connectivity index (χ2v) is 10.2. The van der Waals surface area contributed by atoms with E-state index in [-0.39, 0.29) is 0 Å². The third kappa shape index (κ3) is 4.53. The lowest BCUT2D eigenvalue weighted by Crippen LogP contribution is -2.42. The number of rotatable bonds is 4. The summed E-state index contributed by atoms with van der Waals surface area (Å²) in [6.45, 7) is 2.83. The molecule has 3 aromatic carbocycles. The maximum Gasteiger partial charge on any atom is 0.0920 e. The Bertz CT molecular complexity index is 1070. The molecule has 1 N–H and O–H groups in total. The van der Waals surface area contributed by atoms with Crippen LogP contribution in [0, 0.1) is 0 Å². The lowest BCUT2D eigenvalue weighted by molar-refractivity contribution is -0.0254. The molecule has 3 aromatic rings. The first-order valence-corrected chi connectivity index (χ1v) is 12.7. The molecule has 0 bridgehead atoms. The Morgan fingerprint density at radius 3 is 2.38 bits per heavy atom. The number of benzene rings is 3. The Morgan fingerprint density at radius 2 is 1.59 bits per heavy atom. The van der Waals surface area contributed by atoms with Gasteiger partial charge in [-0.3, -0.25) is 0 Å². The van der Waals surface area contributed by atoms with E-state index in [1.165, 1.54) is 27.2 Å². The molecular weight excluding hydrogens is 434 g/mol. The van der Waals surface area contributed by atoms with Crippen molar-refractivity contribution in [2.24, 2.45) is 0 Å². The number of fused-ring (bicyclic) bond motifs is 2. The summed E-state index contributed by atoms with van der Waals surface area (Å²) in [7, 11) is 0. The molecule has 0 aliphatic carbocycles. The average Bonchev–Trinajstić information content (AvgIpc) is 2.98. The first-order valence-electron chi connectivity index (χ1n) is 11.3. The molecule has 5 rings (SSSR count). The van der Waals surface area contributed by atoms with Crippen LogP contribution in [0.15, 0.2) is 83.8 Å². The molecule has 4 heteroatoms. The molecule has 0 aromatic heterocycles. The minimum Gasteiger partial charge on any atom is -0.385 e. The van der Waals surface area contributed by atoms with E-state index in [1.54, 1.807) is 0 Å². The lowest BCUT2D eigenvalue weighted by atomic mass is 9.84. The van der Waals surface area contributed by atoms with Gasteiger partial charge in [0.2, 0.25) is 0 Å². The minimum atomic E-state index is -0.740. The molecule has 164 valence electrons. The zero-order valence-electron chi connectivity index (χ0n) is 18.1. The molecule has 0 radical (unpaired) electrons. The first kappa shape index (κ1) is 21.8. The van der Waals surface area contributed by atoms with Crippen molar-refractivity contribution in [2.75, 3.05) is 19.6 Å². The minimum absolute atomic E-state index is 0.711. The number of halogens is 1. The molecular formula is C28H28ClNOS. The highest BCUT2D eigenvalue weighted by Gasteiger charge is 2.33. The summed E-state index contributed by atoms with van der Waals surface area (Å²) in [5.74, 6) is 1.01. The van der Waals surface area contributed by atoms with E-state index in [9.17, 15) is 5.11 Å². The van der Waals surface area contributed by atoms with Crippen LogP contribution in [-0.2, 0) is 11.4 Å². The van der Waals surface area contributed by atoms with Crippen molar-refractivity contribution in [3.8, 4) is 0 Å². The van der Waals surface area contributed by atoms with Crippen molar-refractivity contribution in [1.82, 2.24) is 4.90 Å². The number of nitrogens with zero attached hydrogens (tertiary/aromatic N) is 1. The average molecular weight is 462 g/mol. The monoisotopic (exact) mass is 461 g/mol. The Hall–Kier alpha value is -2.04. The predicted molar refractivity (Wildman–Crippen MR) is 135 cm³/mol. The third-order valence-electron chi connectivity index (χ3n) is 6.73. The Kier molecular flexibility index (Phi) is 6.43. The summed E-state index contributed by atoms with van der Waals surface area (Å²) < 4.78 is 0. The highest BCUT2D eigenvalue weighted by Crippen LogP contribution is 2.40. The van der Waals surface area contributed by atoms with Crippen LogP contribution in [0.25, 0.3) is 5.57 Å². The van der Waals surface area contributed by atoms with Crippen LogP contribution in [-0.4, -0.2) is 29.6 Å². The largest absolute Gasteiger partial charge is 0.385 e. The fraction of sp³-hybridized carbons (Fsp3) is 0.286. The second kappa shape index (κ2) is 9.44. The molecule has 1 saturated heterocycles. The number of hydrogen-bond donors (Lipinski definition) is 1. The Labute approximate surface area is 199 Å². The predicted octanol–water partition coefficient (Wildman–Crippen LogP) is 6.75. The van der Waals surface area contributed by atoms with Crippen molar-refractivity contribution in [3.05, 3.63) is 106 Å². The maximum atomic E-state index is 11.1. The summed E-state index contributed by atoms with van der Waals surface area (Å²) in [6, 6.07) is 25.2. The molecule has 2 nitrogen and oxygen atoms in total. The fourth-order valence-electron chi connectivity index (χ4n) is 4.83. The van der Waals surface area contributed by atoms with Crippen LogP contribution in [0.1, 0.15) is 41.5 Å². The quantitative estimate of drug-likeness (QED) is 0.464. The topological polar surface area (TPSA) is 23.5 Å². The van der Waals surface area contributed by atoms with Gasteiger partial charge in [-0.05, 0) is 65.3 Å². The summed E-state index contributed by atoms with van der Waals surface area (Å²) in [4.78, 5) is 3.84. The summed E-state index contributed by atoms with van der Waals surface area (Å²) in [6.07, 6.45) is 4.94. The van der Waals surface area contributed by atoms with Crippen molar-refractivity contribution >= 4 is 28.9 Å². The van der Waals surface area contributed by atoms with Crippen LogP contribution in [0.2, 0.25) is 5.02 Å². The molecule has 2 heterocycles. The van der Waals surface area contributed by atoms with Gasteiger partial charge in [-0.15, -0.1) is 11.8 Å². The fourth-order valence-corrected chi connectivity index (χ4v) is 6.03. The summed E-state index contributed by atoms with van der Waals surface area (Å²) in [5, 5.41) is 11.9.